The Morgan fingerprint density at radius 2 is 1.25 bits per heavy atom. The third-order valence-electron chi connectivity index (χ3n) is 5.28. The van der Waals surface area contributed by atoms with E-state index in [0.29, 0.717) is 0 Å². The van der Waals surface area contributed by atoms with Gasteiger partial charge < -0.3 is 8.38 Å². The molecule has 0 amide bonds. The van der Waals surface area contributed by atoms with Crippen LogP contribution < -0.4 is 0 Å². The maximum Gasteiger partial charge on any atom is 0.210 e. The van der Waals surface area contributed by atoms with E-state index < -0.39 is 0 Å². The van der Waals surface area contributed by atoms with Gasteiger partial charge in [-0.1, -0.05) is 51.0 Å². The molecule has 1 heterocycles. The number of hydrogen-bond donors (Lipinski definition) is 0. The van der Waals surface area contributed by atoms with E-state index >= 15 is 0 Å². The van der Waals surface area contributed by atoms with Crippen LogP contribution in [0.15, 0.2) is 60.2 Å². The van der Waals surface area contributed by atoms with E-state index in [1.807, 2.05) is 0 Å². The van der Waals surface area contributed by atoms with Gasteiger partial charge in [0.05, 0.1) is 0 Å². The minimum absolute atomic E-state index is 0. The van der Waals surface area contributed by atoms with E-state index in [2.05, 4.69) is 75.4 Å². The summed E-state index contributed by atoms with van der Waals surface area (Å²) < 4.78 is 1.34. The van der Waals surface area contributed by atoms with E-state index in [-0.39, 0.29) is 19.3 Å². The Morgan fingerprint density at radius 1 is 0.786 bits per heavy atom. The van der Waals surface area contributed by atoms with Crippen LogP contribution in [0.25, 0.3) is 16.9 Å². The number of hydrogen-bond acceptors (Lipinski definition) is 0. The van der Waals surface area contributed by atoms with Crippen LogP contribution in [-0.4, -0.2) is 4.70 Å². The fourth-order valence-electron chi connectivity index (χ4n) is 3.61. The zero-order chi connectivity index (χ0) is 19.2. The van der Waals surface area contributed by atoms with Crippen LogP contribution in [0.2, 0.25) is 0 Å². The zero-order valence-corrected chi connectivity index (χ0v) is 18.1. The molecule has 0 N–H and O–H groups in total. The summed E-state index contributed by atoms with van der Waals surface area (Å²) in [5.74, 6) is 0. The summed E-state index contributed by atoms with van der Waals surface area (Å²) in [6.45, 7) is 6.49. The van der Waals surface area contributed by atoms with Crippen LogP contribution in [0, 0.1) is 0 Å². The van der Waals surface area contributed by atoms with Crippen LogP contribution in [0.1, 0.15) is 71.6 Å². The van der Waals surface area contributed by atoms with Gasteiger partial charge in [0.1, 0.15) is 0 Å². The van der Waals surface area contributed by atoms with Gasteiger partial charge in [0.2, 0.25) is 11.4 Å². The summed E-state index contributed by atoms with van der Waals surface area (Å²) in [6.07, 6.45) is 9.15. The molecule has 0 unspecified atom stereocenters. The molecular formula is C25H32N2Ni-2. The summed E-state index contributed by atoms with van der Waals surface area (Å²) >= 11 is 0. The Labute approximate surface area is 182 Å². The average molecular weight is 419 g/mol. The first-order valence-electron chi connectivity index (χ1n) is 10.2. The number of unbranched alkanes of at least 4 members (excludes halogenated alkanes) is 2. The third kappa shape index (κ3) is 5.08. The van der Waals surface area contributed by atoms with E-state index in [9.17, 15) is 5.53 Å². The van der Waals surface area contributed by atoms with Crippen molar-refractivity contribution >= 4 is 11.4 Å². The molecule has 154 valence electrons. The first-order chi connectivity index (χ1) is 13.1. The van der Waals surface area contributed by atoms with Gasteiger partial charge in [-0.2, -0.15) is 0 Å². The van der Waals surface area contributed by atoms with E-state index in [4.69, 9.17) is 0 Å². The van der Waals surface area contributed by atoms with Crippen LogP contribution in [0.4, 0.5) is 0 Å². The zero-order valence-electron chi connectivity index (χ0n) is 19.1. The van der Waals surface area contributed by atoms with Crippen molar-refractivity contribution in [2.24, 2.45) is 0 Å². The van der Waals surface area contributed by atoms with Crippen molar-refractivity contribution < 1.29 is 24.0 Å². The van der Waals surface area contributed by atoms with Gasteiger partial charge >= 0.3 is 0 Å². The number of rotatable bonds is 8. The average Bonchev–Trinajstić information content (AvgIpc) is 3.00. The van der Waals surface area contributed by atoms with Gasteiger partial charge in [0, 0.05) is 39.3 Å². The molecule has 0 atom stereocenters. The van der Waals surface area contributed by atoms with Crippen molar-refractivity contribution in [2.45, 2.75) is 59.3 Å². The topological polar surface area (TPSA) is 25.3 Å². The maximum absolute atomic E-state index is 10.9. The van der Waals surface area contributed by atoms with Crippen LogP contribution in [0.3, 0.4) is 0 Å². The van der Waals surface area contributed by atoms with Gasteiger partial charge in [-0.15, -0.1) is 0 Å². The minimum Gasteiger partial charge on any atom is -1.00 e. The minimum atomic E-state index is 0. The van der Waals surface area contributed by atoms with E-state index in [0.717, 1.165) is 40.9 Å². The quantitative estimate of drug-likeness (QED) is 0.314. The second kappa shape index (κ2) is 10.5. The van der Waals surface area contributed by atoms with Crippen LogP contribution in [0.5, 0.6) is 0 Å². The molecule has 1 aliphatic rings. The summed E-state index contributed by atoms with van der Waals surface area (Å²) in [5.41, 5.74) is 18.5. The molecule has 2 aromatic rings. The normalized spacial score (nSPS) is 13.5. The Morgan fingerprint density at radius 3 is 1.71 bits per heavy atom. The molecule has 0 aromatic heterocycles. The summed E-state index contributed by atoms with van der Waals surface area (Å²) in [4.78, 5) is 0. The molecule has 2 nitrogen and oxygen atoms in total. The Balaban J connectivity index is 0.00000280. The Bertz CT molecular complexity index is 869. The van der Waals surface area contributed by atoms with Crippen molar-refractivity contribution in [1.29, 1.82) is 0 Å². The summed E-state index contributed by atoms with van der Waals surface area (Å²) in [7, 11) is 0. The molecule has 0 fully saturated rings. The number of aryl methyl sites for hydroxylation is 2. The van der Waals surface area contributed by atoms with Crippen LogP contribution >= 0.6 is 0 Å². The van der Waals surface area contributed by atoms with Gasteiger partial charge in [-0.3, -0.25) is 0 Å². The molecule has 2 aromatic carbocycles. The molecule has 28 heavy (non-hydrogen) atoms. The standard InChI is InChI=1S/C25H30N2.Ni.2H/c1-4-6-8-20-10-14-22(15-11-20)24-18-19(3)25(27(24)26)23-16-12-21(13-17-23)9-7-5-2;;;/h10-18H,4-9H2,1-3H3;;;/q;;2*-1. The first-order valence-corrected chi connectivity index (χ1v) is 10.2. The van der Waals surface area contributed by atoms with Crippen LogP contribution in [-0.2, 0) is 29.3 Å². The Hall–Kier alpha value is -1.99. The number of nitrogens with zero attached hydrogens (tertiary/aromatic N) is 2. The molecular weight excluding hydrogens is 387 g/mol. The van der Waals surface area contributed by atoms with Gasteiger partial charge in [0.15, 0.2) is 0 Å². The maximum atomic E-state index is 10.9. The number of benzene rings is 2. The molecule has 0 bridgehead atoms. The van der Waals surface area contributed by atoms with Gasteiger partial charge in [0.25, 0.3) is 0 Å². The first kappa shape index (κ1) is 22.3. The third-order valence-corrected chi connectivity index (χ3v) is 5.28. The molecule has 3 heteroatoms. The molecule has 1 aliphatic heterocycles. The van der Waals surface area contributed by atoms with Crippen molar-refractivity contribution in [3.8, 4) is 0 Å². The summed E-state index contributed by atoms with van der Waals surface area (Å²) in [6, 6.07) is 17.2. The van der Waals surface area contributed by atoms with Crippen molar-refractivity contribution in [1.82, 2.24) is 0 Å². The van der Waals surface area contributed by atoms with Gasteiger partial charge in [-0.05, 0) is 68.0 Å². The molecule has 3 rings (SSSR count). The molecule has 0 radical (unpaired) electrons. The van der Waals surface area contributed by atoms with Crippen molar-refractivity contribution in [3.05, 3.63) is 88.0 Å². The SMILES string of the molecule is CCCCc1ccc(C2=CC(C)=C(c3ccc(CCCC)cc3)[N+]2=[N-])cc1.[H-].[H-].[Ni]. The van der Waals surface area contributed by atoms with E-state index in [1.165, 1.54) is 41.5 Å². The predicted octanol–water partition coefficient (Wildman–Crippen LogP) is 7.41. The smallest absolute Gasteiger partial charge is 0.210 e. The predicted molar refractivity (Wildman–Crippen MR) is 117 cm³/mol. The monoisotopic (exact) mass is 418 g/mol. The van der Waals surface area contributed by atoms with Gasteiger partial charge in [-0.25, -0.2) is 4.70 Å². The number of allylic oxidation sites excluding steroid dienone is 2. The van der Waals surface area contributed by atoms with E-state index in [1.54, 1.807) is 0 Å². The molecule has 0 saturated heterocycles. The second-order valence-corrected chi connectivity index (χ2v) is 7.47. The Kier molecular flexibility index (Phi) is 8.39. The second-order valence-electron chi connectivity index (χ2n) is 7.47. The molecule has 0 aliphatic carbocycles. The fourth-order valence-corrected chi connectivity index (χ4v) is 3.61. The molecule has 0 spiro atoms. The summed E-state index contributed by atoms with van der Waals surface area (Å²) in [5, 5.41) is 0. The molecule has 0 saturated carbocycles. The fraction of sp³-hybridized carbons (Fsp3) is 0.360. The van der Waals surface area contributed by atoms with Crippen molar-refractivity contribution in [2.75, 3.05) is 0 Å². The largest absolute Gasteiger partial charge is 1.00 e. The van der Waals surface area contributed by atoms with Crippen molar-refractivity contribution in [3.63, 3.8) is 0 Å².